The summed E-state index contributed by atoms with van der Waals surface area (Å²) in [5, 5.41) is 5.57. The molecule has 0 spiro atoms. The molecule has 0 aromatic carbocycles. The topological polar surface area (TPSA) is 112 Å². The van der Waals surface area contributed by atoms with E-state index >= 15 is 0 Å². The van der Waals surface area contributed by atoms with Crippen molar-refractivity contribution < 1.29 is 23.9 Å². The van der Waals surface area contributed by atoms with Crippen molar-refractivity contribution >= 4 is 18.1 Å². The minimum absolute atomic E-state index is 0.110. The third kappa shape index (κ3) is 16.0. The van der Waals surface area contributed by atoms with Gasteiger partial charge in [0.25, 0.3) is 0 Å². The van der Waals surface area contributed by atoms with E-state index in [0.29, 0.717) is 12.2 Å². The zero-order chi connectivity index (χ0) is 27.9. The first-order chi connectivity index (χ1) is 17.3. The lowest BCUT2D eigenvalue weighted by molar-refractivity contribution is -0.123. The van der Waals surface area contributed by atoms with Crippen molar-refractivity contribution in [2.45, 2.75) is 136 Å². The summed E-state index contributed by atoms with van der Waals surface area (Å²) in [5.74, 6) is -0.311. The Bertz CT molecular complexity index is 823. The van der Waals surface area contributed by atoms with Crippen molar-refractivity contribution in [3.63, 3.8) is 0 Å². The summed E-state index contributed by atoms with van der Waals surface area (Å²) < 4.78 is 11.9. The Kier molecular flexibility index (Phi) is 14.3. The summed E-state index contributed by atoms with van der Waals surface area (Å²) >= 11 is 0. The van der Waals surface area contributed by atoms with Gasteiger partial charge in [0.2, 0.25) is 5.91 Å². The van der Waals surface area contributed by atoms with E-state index in [9.17, 15) is 14.4 Å². The van der Waals surface area contributed by atoms with Crippen LogP contribution in [0.1, 0.15) is 118 Å². The number of unbranched alkanes of at least 4 members (excludes halogenated alkanes) is 9. The monoisotopic (exact) mass is 522 g/mol. The van der Waals surface area contributed by atoms with Crippen molar-refractivity contribution in [1.82, 2.24) is 20.2 Å². The number of imidazole rings is 1. The van der Waals surface area contributed by atoms with Crippen molar-refractivity contribution in [2.75, 3.05) is 6.54 Å². The summed E-state index contributed by atoms with van der Waals surface area (Å²) in [7, 11) is 0. The molecule has 9 nitrogen and oxygen atoms in total. The molecule has 1 heterocycles. The van der Waals surface area contributed by atoms with Gasteiger partial charge in [-0.15, -0.1) is 0 Å². The molecular formula is C28H50N4O5. The zero-order valence-electron chi connectivity index (χ0n) is 24.2. The fraction of sp³-hybridized carbons (Fsp3) is 0.786. The molecule has 0 saturated carbocycles. The van der Waals surface area contributed by atoms with Gasteiger partial charge in [0, 0.05) is 19.2 Å². The van der Waals surface area contributed by atoms with Gasteiger partial charge in [-0.05, 0) is 48.0 Å². The van der Waals surface area contributed by atoms with E-state index in [4.69, 9.17) is 9.47 Å². The minimum Gasteiger partial charge on any atom is -0.444 e. The highest BCUT2D eigenvalue weighted by Crippen LogP contribution is 2.12. The van der Waals surface area contributed by atoms with E-state index < -0.39 is 29.4 Å². The van der Waals surface area contributed by atoms with E-state index in [1.807, 2.05) is 0 Å². The maximum absolute atomic E-state index is 12.9. The minimum atomic E-state index is -0.889. The molecule has 0 saturated heterocycles. The van der Waals surface area contributed by atoms with Gasteiger partial charge >= 0.3 is 12.2 Å². The molecular weight excluding hydrogens is 472 g/mol. The molecule has 1 aromatic heterocycles. The van der Waals surface area contributed by atoms with Crippen LogP contribution >= 0.6 is 0 Å². The normalized spacial score (nSPS) is 12.6. The second-order valence-electron chi connectivity index (χ2n) is 11.6. The lowest BCUT2D eigenvalue weighted by Crippen LogP contribution is -2.49. The molecule has 2 amide bonds. The first-order valence-corrected chi connectivity index (χ1v) is 13.8. The van der Waals surface area contributed by atoms with Gasteiger partial charge in [0.05, 0.1) is 5.69 Å². The van der Waals surface area contributed by atoms with Crippen LogP contribution in [0.2, 0.25) is 0 Å². The van der Waals surface area contributed by atoms with E-state index in [1.54, 1.807) is 41.5 Å². The molecule has 37 heavy (non-hydrogen) atoms. The Balaban J connectivity index is 2.58. The number of carbonyl (C=O) groups is 3. The molecule has 0 aliphatic heterocycles. The molecule has 1 rings (SSSR count). The van der Waals surface area contributed by atoms with Gasteiger partial charge in [0.15, 0.2) is 0 Å². The maximum Gasteiger partial charge on any atom is 0.419 e. The molecule has 0 aliphatic rings. The summed E-state index contributed by atoms with van der Waals surface area (Å²) in [5.41, 5.74) is -0.864. The number of hydrogen-bond donors (Lipinski definition) is 2. The number of carbonyl (C=O) groups excluding carboxylic acids is 3. The van der Waals surface area contributed by atoms with Gasteiger partial charge < -0.3 is 20.1 Å². The highest BCUT2D eigenvalue weighted by atomic mass is 16.6. The van der Waals surface area contributed by atoms with Crippen LogP contribution in [-0.2, 0) is 20.7 Å². The number of rotatable bonds is 15. The Morgan fingerprint density at radius 1 is 0.865 bits per heavy atom. The van der Waals surface area contributed by atoms with Crippen LogP contribution in [-0.4, -0.2) is 51.4 Å². The second-order valence-corrected chi connectivity index (χ2v) is 11.6. The van der Waals surface area contributed by atoms with Gasteiger partial charge in [-0.3, -0.25) is 4.79 Å². The van der Waals surface area contributed by atoms with Crippen molar-refractivity contribution in [2.24, 2.45) is 0 Å². The van der Waals surface area contributed by atoms with Crippen LogP contribution < -0.4 is 10.6 Å². The average molecular weight is 523 g/mol. The number of nitrogens with one attached hydrogen (secondary N) is 2. The quantitative estimate of drug-likeness (QED) is 0.268. The largest absolute Gasteiger partial charge is 0.444 e. The summed E-state index contributed by atoms with van der Waals surface area (Å²) in [6.07, 6.45) is 13.9. The first kappa shape index (κ1) is 32.4. The summed E-state index contributed by atoms with van der Waals surface area (Å²) in [6.45, 7) is 13.4. The molecule has 1 aromatic rings. The molecule has 1 atom stereocenters. The Morgan fingerprint density at radius 2 is 1.41 bits per heavy atom. The second kappa shape index (κ2) is 16.3. The van der Waals surface area contributed by atoms with E-state index in [0.717, 1.165) is 19.3 Å². The number of ether oxygens (including phenoxy) is 2. The molecule has 2 N–H and O–H groups in total. The van der Waals surface area contributed by atoms with E-state index in [2.05, 4.69) is 22.5 Å². The molecule has 0 bridgehead atoms. The molecule has 0 aliphatic carbocycles. The molecule has 0 unspecified atom stereocenters. The summed E-state index contributed by atoms with van der Waals surface area (Å²) in [4.78, 5) is 41.8. The van der Waals surface area contributed by atoms with Gasteiger partial charge in [0.1, 0.15) is 23.6 Å². The van der Waals surface area contributed by atoms with Crippen LogP contribution in [0.4, 0.5) is 9.59 Å². The van der Waals surface area contributed by atoms with Crippen LogP contribution in [0, 0.1) is 0 Å². The van der Waals surface area contributed by atoms with E-state index in [1.165, 1.54) is 62.0 Å². The predicted molar refractivity (Wildman–Crippen MR) is 146 cm³/mol. The van der Waals surface area contributed by atoms with Crippen LogP contribution in [0.3, 0.4) is 0 Å². The van der Waals surface area contributed by atoms with Crippen molar-refractivity contribution in [1.29, 1.82) is 0 Å². The van der Waals surface area contributed by atoms with Crippen molar-refractivity contribution in [3.05, 3.63) is 18.2 Å². The lowest BCUT2D eigenvalue weighted by Gasteiger charge is -2.23. The third-order valence-corrected chi connectivity index (χ3v) is 5.49. The maximum atomic E-state index is 12.9. The Hall–Kier alpha value is -2.58. The van der Waals surface area contributed by atoms with Crippen LogP contribution in [0.5, 0.6) is 0 Å². The fourth-order valence-corrected chi connectivity index (χ4v) is 3.70. The smallest absolute Gasteiger partial charge is 0.419 e. The first-order valence-electron chi connectivity index (χ1n) is 13.8. The summed E-state index contributed by atoms with van der Waals surface area (Å²) in [6, 6.07) is -0.889. The standard InChI is InChI=1S/C28H50N4O5/c1-8-9-10-11-12-13-14-15-16-17-18-29-24(33)23(31-25(34)36-27(2,3)4)19-22-20-32(21-30-22)26(35)37-28(5,6)7/h20-21,23H,8-19H2,1-7H3,(H,29,33)(H,31,34)/t23-/m0/s1. The number of amides is 2. The number of hydrogen-bond acceptors (Lipinski definition) is 6. The van der Waals surface area contributed by atoms with Gasteiger partial charge in [-0.25, -0.2) is 19.1 Å². The number of nitrogens with zero attached hydrogens (tertiary/aromatic N) is 2. The molecule has 0 radical (unpaired) electrons. The zero-order valence-corrected chi connectivity index (χ0v) is 24.2. The van der Waals surface area contributed by atoms with Gasteiger partial charge in [-0.2, -0.15) is 0 Å². The molecule has 0 fully saturated rings. The lowest BCUT2D eigenvalue weighted by atomic mass is 10.1. The fourth-order valence-electron chi connectivity index (χ4n) is 3.70. The molecule has 9 heteroatoms. The van der Waals surface area contributed by atoms with Crippen LogP contribution in [0.25, 0.3) is 0 Å². The highest BCUT2D eigenvalue weighted by molar-refractivity contribution is 5.86. The van der Waals surface area contributed by atoms with Crippen molar-refractivity contribution in [3.8, 4) is 0 Å². The number of alkyl carbamates (subject to hydrolysis) is 1. The van der Waals surface area contributed by atoms with E-state index in [-0.39, 0.29) is 12.3 Å². The third-order valence-electron chi connectivity index (χ3n) is 5.49. The average Bonchev–Trinajstić information content (AvgIpc) is 3.23. The van der Waals surface area contributed by atoms with Crippen LogP contribution in [0.15, 0.2) is 12.5 Å². The Labute approximate surface area is 223 Å². The van der Waals surface area contributed by atoms with Gasteiger partial charge in [-0.1, -0.05) is 64.7 Å². The molecule has 212 valence electrons. The SMILES string of the molecule is CCCCCCCCCCCCNC(=O)[C@H](Cc1cn(C(=O)OC(C)(C)C)cn1)NC(=O)OC(C)(C)C. The number of aromatic nitrogens is 2. The predicted octanol–water partition coefficient (Wildman–Crippen LogP) is 6.14. The highest BCUT2D eigenvalue weighted by Gasteiger charge is 2.26. The Morgan fingerprint density at radius 3 is 1.95 bits per heavy atom.